The smallest absolute Gasteiger partial charge is 0.269 e. The van der Waals surface area contributed by atoms with Crippen molar-refractivity contribution in [1.29, 1.82) is 0 Å². The van der Waals surface area contributed by atoms with Crippen LogP contribution in [-0.4, -0.2) is 57.9 Å². The quantitative estimate of drug-likeness (QED) is 0.791. The van der Waals surface area contributed by atoms with Gasteiger partial charge in [0, 0.05) is 38.4 Å². The average molecular weight is 335 g/mol. The Morgan fingerprint density at radius 1 is 1.25 bits per heavy atom. The minimum atomic E-state index is -0.771. The highest BCUT2D eigenvalue weighted by Gasteiger charge is 2.46. The van der Waals surface area contributed by atoms with Gasteiger partial charge in [-0.3, -0.25) is 9.59 Å². The Hall–Kier alpha value is -1.63. The largest absolute Gasteiger partial charge is 0.389 e. The fourth-order valence-electron chi connectivity index (χ4n) is 3.73. The van der Waals surface area contributed by atoms with E-state index in [2.05, 4.69) is 10.5 Å². The van der Waals surface area contributed by atoms with Crippen molar-refractivity contribution >= 4 is 17.5 Å². The van der Waals surface area contributed by atoms with E-state index in [9.17, 15) is 14.7 Å². The lowest BCUT2D eigenvalue weighted by atomic mass is 9.77. The first-order chi connectivity index (χ1) is 11.5. The first kappa shape index (κ1) is 15.9. The molecular weight excluding hydrogens is 310 g/mol. The summed E-state index contributed by atoms with van der Waals surface area (Å²) >= 11 is 0. The van der Waals surface area contributed by atoms with Crippen LogP contribution < -0.4 is 5.32 Å². The second kappa shape index (κ2) is 5.72. The molecular formula is C17H25N3O4. The fourth-order valence-corrected chi connectivity index (χ4v) is 3.73. The number of oxime groups is 1. The van der Waals surface area contributed by atoms with Crippen LogP contribution in [0.1, 0.15) is 57.8 Å². The van der Waals surface area contributed by atoms with Gasteiger partial charge in [-0.15, -0.1) is 0 Å². The molecule has 0 unspecified atom stereocenters. The molecule has 2 heterocycles. The van der Waals surface area contributed by atoms with Crippen molar-refractivity contribution in [1.82, 2.24) is 10.2 Å². The van der Waals surface area contributed by atoms with Crippen molar-refractivity contribution < 1.29 is 19.5 Å². The van der Waals surface area contributed by atoms with Gasteiger partial charge < -0.3 is 20.2 Å². The molecule has 3 fully saturated rings. The lowest BCUT2D eigenvalue weighted by Gasteiger charge is -2.40. The maximum Gasteiger partial charge on any atom is 0.269 e. The van der Waals surface area contributed by atoms with Gasteiger partial charge in [0.15, 0.2) is 0 Å². The van der Waals surface area contributed by atoms with Crippen LogP contribution in [0.2, 0.25) is 0 Å². The maximum absolute atomic E-state index is 12.3. The number of carbonyl (C=O) groups is 2. The Bertz CT molecular complexity index is 572. The van der Waals surface area contributed by atoms with Crippen LogP contribution >= 0.6 is 0 Å². The number of nitrogens with zero attached hydrogens (tertiary/aromatic N) is 2. The normalized spacial score (nSPS) is 27.2. The van der Waals surface area contributed by atoms with Gasteiger partial charge in [0.25, 0.3) is 5.91 Å². The van der Waals surface area contributed by atoms with E-state index in [1.54, 1.807) is 0 Å². The Balaban J connectivity index is 1.27. The first-order valence-corrected chi connectivity index (χ1v) is 9.03. The third-order valence-corrected chi connectivity index (χ3v) is 5.81. The van der Waals surface area contributed by atoms with E-state index in [0.717, 1.165) is 32.1 Å². The molecule has 0 bridgehead atoms. The zero-order valence-electron chi connectivity index (χ0n) is 13.9. The highest BCUT2D eigenvalue weighted by Crippen LogP contribution is 2.38. The van der Waals surface area contributed by atoms with Gasteiger partial charge in [-0.05, 0) is 32.1 Å². The van der Waals surface area contributed by atoms with E-state index in [4.69, 9.17) is 4.84 Å². The number of piperidine rings is 1. The van der Waals surface area contributed by atoms with Crippen molar-refractivity contribution in [3.63, 3.8) is 0 Å². The topological polar surface area (TPSA) is 91.2 Å². The number of likely N-dealkylation sites (tertiary alicyclic amines) is 1. The van der Waals surface area contributed by atoms with Crippen LogP contribution in [0.4, 0.5) is 0 Å². The SMILES string of the molecule is O=C(NC1CC1)C1=NOC2(CCN(C(=O)CC3(O)CCC3)CC2)C1. The van der Waals surface area contributed by atoms with Gasteiger partial charge in [-0.2, -0.15) is 0 Å². The summed E-state index contributed by atoms with van der Waals surface area (Å²) in [6.45, 7) is 1.20. The zero-order chi connectivity index (χ0) is 16.8. The van der Waals surface area contributed by atoms with E-state index in [1.807, 2.05) is 4.90 Å². The van der Waals surface area contributed by atoms with Crippen LogP contribution in [-0.2, 0) is 14.4 Å². The third-order valence-electron chi connectivity index (χ3n) is 5.81. The van der Waals surface area contributed by atoms with Crippen molar-refractivity contribution in [2.24, 2.45) is 5.16 Å². The number of hydrogen-bond donors (Lipinski definition) is 2. The molecule has 0 aromatic heterocycles. The summed E-state index contributed by atoms with van der Waals surface area (Å²) in [5.74, 6) is -0.0854. The predicted octanol–water partition coefficient (Wildman–Crippen LogP) is 0.708. The minimum absolute atomic E-state index is 0.0256. The number of carbonyl (C=O) groups excluding carboxylic acids is 2. The van der Waals surface area contributed by atoms with E-state index in [1.165, 1.54) is 0 Å². The fraction of sp³-hybridized carbons (Fsp3) is 0.824. The maximum atomic E-state index is 12.3. The van der Waals surface area contributed by atoms with Gasteiger partial charge in [0.1, 0.15) is 11.3 Å². The molecule has 0 aromatic rings. The van der Waals surface area contributed by atoms with Gasteiger partial charge in [-0.25, -0.2) is 0 Å². The monoisotopic (exact) mass is 335 g/mol. The number of nitrogens with one attached hydrogen (secondary N) is 1. The molecule has 2 N–H and O–H groups in total. The van der Waals surface area contributed by atoms with Crippen molar-refractivity contribution in [2.75, 3.05) is 13.1 Å². The molecule has 2 aliphatic carbocycles. The molecule has 4 rings (SSSR count). The Labute approximate surface area is 141 Å². The molecule has 7 nitrogen and oxygen atoms in total. The number of aliphatic hydroxyl groups is 1. The van der Waals surface area contributed by atoms with E-state index < -0.39 is 11.2 Å². The van der Waals surface area contributed by atoms with Crippen LogP contribution in [0.5, 0.6) is 0 Å². The molecule has 2 aliphatic heterocycles. The van der Waals surface area contributed by atoms with Crippen LogP contribution in [0.25, 0.3) is 0 Å². The van der Waals surface area contributed by atoms with Crippen molar-refractivity contribution in [3.8, 4) is 0 Å². The molecule has 24 heavy (non-hydrogen) atoms. The molecule has 0 aromatic carbocycles. The Kier molecular flexibility index (Phi) is 3.78. The second-order valence-corrected chi connectivity index (χ2v) is 7.87. The highest BCUT2D eigenvalue weighted by atomic mass is 16.7. The van der Waals surface area contributed by atoms with E-state index in [0.29, 0.717) is 44.1 Å². The van der Waals surface area contributed by atoms with Crippen molar-refractivity contribution in [2.45, 2.75) is 75.0 Å². The van der Waals surface area contributed by atoms with Gasteiger partial charge >= 0.3 is 0 Å². The summed E-state index contributed by atoms with van der Waals surface area (Å²) in [6, 6.07) is 0.313. The predicted molar refractivity (Wildman–Crippen MR) is 86.3 cm³/mol. The molecule has 0 atom stereocenters. The number of rotatable bonds is 4. The summed E-state index contributed by atoms with van der Waals surface area (Å²) in [4.78, 5) is 31.9. The molecule has 7 heteroatoms. The lowest BCUT2D eigenvalue weighted by molar-refractivity contribution is -0.145. The Morgan fingerprint density at radius 2 is 1.96 bits per heavy atom. The van der Waals surface area contributed by atoms with Gasteiger partial charge in [0.05, 0.1) is 12.0 Å². The van der Waals surface area contributed by atoms with Crippen LogP contribution in [0.3, 0.4) is 0 Å². The summed E-state index contributed by atoms with van der Waals surface area (Å²) in [5.41, 5.74) is -0.723. The number of amides is 2. The van der Waals surface area contributed by atoms with Crippen molar-refractivity contribution in [3.05, 3.63) is 0 Å². The Morgan fingerprint density at radius 3 is 2.54 bits per heavy atom. The molecule has 2 amide bonds. The summed E-state index contributed by atoms with van der Waals surface area (Å²) in [6.07, 6.45) is 6.68. The summed E-state index contributed by atoms with van der Waals surface area (Å²) in [7, 11) is 0. The highest BCUT2D eigenvalue weighted by molar-refractivity contribution is 6.39. The zero-order valence-corrected chi connectivity index (χ0v) is 13.9. The van der Waals surface area contributed by atoms with Gasteiger partial charge in [-0.1, -0.05) is 5.16 Å². The van der Waals surface area contributed by atoms with Gasteiger partial charge in [0.2, 0.25) is 5.91 Å². The van der Waals surface area contributed by atoms with Crippen LogP contribution in [0, 0.1) is 0 Å². The summed E-state index contributed by atoms with van der Waals surface area (Å²) in [5, 5.41) is 17.1. The molecule has 132 valence electrons. The molecule has 1 saturated heterocycles. The van der Waals surface area contributed by atoms with Crippen LogP contribution in [0.15, 0.2) is 5.16 Å². The third kappa shape index (κ3) is 3.14. The van der Waals surface area contributed by atoms with E-state index >= 15 is 0 Å². The average Bonchev–Trinajstić information content (AvgIpc) is 3.25. The lowest BCUT2D eigenvalue weighted by Crippen LogP contribution is -2.50. The second-order valence-electron chi connectivity index (χ2n) is 7.87. The first-order valence-electron chi connectivity index (χ1n) is 9.03. The molecule has 0 radical (unpaired) electrons. The number of hydrogen-bond acceptors (Lipinski definition) is 5. The molecule has 2 saturated carbocycles. The molecule has 4 aliphatic rings. The van der Waals surface area contributed by atoms with E-state index in [-0.39, 0.29) is 18.2 Å². The standard InChI is InChI=1S/C17H25N3O4/c21-14(11-16(23)4-1-5-16)20-8-6-17(7-9-20)10-13(19-24-17)15(22)18-12-2-3-12/h12,23H,1-11H2,(H,18,22). The molecule has 1 spiro atoms. The minimum Gasteiger partial charge on any atom is -0.389 e. The summed E-state index contributed by atoms with van der Waals surface area (Å²) < 4.78 is 0.